The first-order chi connectivity index (χ1) is 18.3. The number of carbonyl (C=O) groups is 2. The fourth-order valence-corrected chi connectivity index (χ4v) is 4.96. The predicted molar refractivity (Wildman–Crippen MR) is 136 cm³/mol. The van der Waals surface area contributed by atoms with Crippen LogP contribution in [0.5, 0.6) is 11.5 Å². The second-order valence-electron chi connectivity index (χ2n) is 10.7. The molecule has 1 aliphatic carbocycles. The van der Waals surface area contributed by atoms with Crippen molar-refractivity contribution in [2.75, 3.05) is 11.9 Å². The van der Waals surface area contributed by atoms with Gasteiger partial charge in [-0.15, -0.1) is 13.2 Å². The summed E-state index contributed by atoms with van der Waals surface area (Å²) in [4.78, 5) is 27.9. The average Bonchev–Trinajstić information content (AvgIpc) is 3.41. The third kappa shape index (κ3) is 8.47. The molecule has 2 amide bonds. The van der Waals surface area contributed by atoms with Crippen molar-refractivity contribution in [3.63, 3.8) is 0 Å². The number of rotatable bonds is 10. The van der Waals surface area contributed by atoms with Crippen molar-refractivity contribution in [1.82, 2.24) is 14.7 Å². The standard InChI is InChI=1S/C27H33F3N4O5/c1-26(2,37)17-33-12-11-23(32-33)31-25(36)22(13-18-7-4-3-5-8-18)34-16-21(15-24(34)35)38-19-9-6-10-20(14-19)39-27(28,29)30/h6,9-12,14-15,18,22,37H,3-5,7-8,13,16-17H2,1-2H3,(H,31,32,36)/t22-/m0/s1. The molecule has 1 aromatic carbocycles. The van der Waals surface area contributed by atoms with E-state index in [1.54, 1.807) is 26.1 Å². The number of benzene rings is 1. The number of aliphatic hydroxyl groups is 1. The van der Waals surface area contributed by atoms with Crippen LogP contribution in [0.25, 0.3) is 0 Å². The molecule has 2 aromatic rings. The Bertz CT molecular complexity index is 1200. The van der Waals surface area contributed by atoms with Gasteiger partial charge in [-0.3, -0.25) is 14.3 Å². The summed E-state index contributed by atoms with van der Waals surface area (Å²) in [6, 6.07) is 5.86. The zero-order valence-electron chi connectivity index (χ0n) is 21.9. The number of amides is 2. The molecule has 2 N–H and O–H groups in total. The maximum Gasteiger partial charge on any atom is 0.573 e. The lowest BCUT2D eigenvalue weighted by Gasteiger charge is -2.31. The number of hydrogen-bond donors (Lipinski definition) is 2. The number of nitrogens with zero attached hydrogens (tertiary/aromatic N) is 3. The van der Waals surface area contributed by atoms with E-state index in [1.165, 1.54) is 27.8 Å². The van der Waals surface area contributed by atoms with Gasteiger partial charge in [0.1, 0.15) is 23.3 Å². The zero-order chi connectivity index (χ0) is 28.2. The zero-order valence-corrected chi connectivity index (χ0v) is 21.9. The van der Waals surface area contributed by atoms with Crippen LogP contribution in [0, 0.1) is 5.92 Å². The van der Waals surface area contributed by atoms with E-state index in [1.807, 2.05) is 0 Å². The Hall–Kier alpha value is -3.54. The van der Waals surface area contributed by atoms with E-state index in [4.69, 9.17) is 4.74 Å². The highest BCUT2D eigenvalue weighted by molar-refractivity contribution is 5.99. The Balaban J connectivity index is 1.46. The van der Waals surface area contributed by atoms with Crippen LogP contribution in [-0.2, 0) is 16.1 Å². The highest BCUT2D eigenvalue weighted by Gasteiger charge is 2.37. The summed E-state index contributed by atoms with van der Waals surface area (Å²) in [5, 5.41) is 17.1. The number of halogens is 3. The van der Waals surface area contributed by atoms with E-state index in [0.717, 1.165) is 44.2 Å². The molecule has 2 aliphatic rings. The Morgan fingerprint density at radius 2 is 1.90 bits per heavy atom. The van der Waals surface area contributed by atoms with Gasteiger partial charge in [-0.05, 0) is 38.3 Å². The number of ether oxygens (including phenoxy) is 2. The van der Waals surface area contributed by atoms with Crippen molar-refractivity contribution in [2.24, 2.45) is 5.92 Å². The number of anilines is 1. The third-order valence-corrected chi connectivity index (χ3v) is 6.58. The van der Waals surface area contributed by atoms with Crippen LogP contribution in [-0.4, -0.2) is 56.2 Å². The van der Waals surface area contributed by atoms with Crippen molar-refractivity contribution in [2.45, 2.75) is 76.9 Å². The lowest BCUT2D eigenvalue weighted by Crippen LogP contribution is -2.46. The summed E-state index contributed by atoms with van der Waals surface area (Å²) >= 11 is 0. The molecule has 1 aliphatic heterocycles. The van der Waals surface area contributed by atoms with Gasteiger partial charge in [-0.2, -0.15) is 5.10 Å². The molecule has 9 nitrogen and oxygen atoms in total. The lowest BCUT2D eigenvalue weighted by molar-refractivity contribution is -0.274. The quantitative estimate of drug-likeness (QED) is 0.447. The minimum atomic E-state index is -4.85. The summed E-state index contributed by atoms with van der Waals surface area (Å²) in [7, 11) is 0. The maximum absolute atomic E-state index is 13.5. The smallest absolute Gasteiger partial charge is 0.459 e. The second kappa shape index (κ2) is 11.7. The second-order valence-corrected chi connectivity index (χ2v) is 10.7. The first kappa shape index (κ1) is 28.5. The summed E-state index contributed by atoms with van der Waals surface area (Å²) in [5.41, 5.74) is -0.987. The first-order valence-corrected chi connectivity index (χ1v) is 13.0. The molecule has 1 aromatic heterocycles. The van der Waals surface area contributed by atoms with E-state index >= 15 is 0 Å². The van der Waals surface area contributed by atoms with Crippen LogP contribution in [0.3, 0.4) is 0 Å². The molecule has 39 heavy (non-hydrogen) atoms. The van der Waals surface area contributed by atoms with Gasteiger partial charge in [0.15, 0.2) is 5.82 Å². The number of carbonyl (C=O) groups excluding carboxylic acids is 2. The van der Waals surface area contributed by atoms with Gasteiger partial charge in [0.05, 0.1) is 18.7 Å². The molecule has 1 fully saturated rings. The molecule has 1 saturated carbocycles. The predicted octanol–water partition coefficient (Wildman–Crippen LogP) is 4.64. The molecule has 0 unspecified atom stereocenters. The molecular weight excluding hydrogens is 517 g/mol. The lowest BCUT2D eigenvalue weighted by atomic mass is 9.84. The number of hydrogen-bond acceptors (Lipinski definition) is 6. The minimum Gasteiger partial charge on any atom is -0.459 e. The number of aromatic nitrogens is 2. The van der Waals surface area contributed by atoms with E-state index in [9.17, 15) is 27.9 Å². The van der Waals surface area contributed by atoms with Crippen molar-refractivity contribution < 1.29 is 37.3 Å². The van der Waals surface area contributed by atoms with Crippen molar-refractivity contribution in [1.29, 1.82) is 0 Å². The highest BCUT2D eigenvalue weighted by atomic mass is 19.4. The fraction of sp³-hybridized carbons (Fsp3) is 0.519. The molecule has 0 spiro atoms. The molecule has 12 heteroatoms. The van der Waals surface area contributed by atoms with Gasteiger partial charge in [0.25, 0.3) is 5.91 Å². The topological polar surface area (TPSA) is 106 Å². The molecule has 0 radical (unpaired) electrons. The molecule has 0 saturated heterocycles. The molecule has 212 valence electrons. The van der Waals surface area contributed by atoms with Gasteiger partial charge < -0.3 is 24.8 Å². The normalized spacial score (nSPS) is 17.6. The van der Waals surface area contributed by atoms with E-state index in [0.29, 0.717) is 12.2 Å². The summed E-state index contributed by atoms with van der Waals surface area (Å²) in [5.74, 6) is -0.399. The Labute approximate surface area is 224 Å². The fourth-order valence-electron chi connectivity index (χ4n) is 4.96. The van der Waals surface area contributed by atoms with E-state index < -0.39 is 35.6 Å². The van der Waals surface area contributed by atoms with Crippen LogP contribution < -0.4 is 14.8 Å². The van der Waals surface area contributed by atoms with Crippen LogP contribution in [0.4, 0.5) is 19.0 Å². The van der Waals surface area contributed by atoms with Gasteiger partial charge in [-0.1, -0.05) is 38.2 Å². The van der Waals surface area contributed by atoms with Gasteiger partial charge >= 0.3 is 6.36 Å². The number of nitrogens with one attached hydrogen (secondary N) is 1. The largest absolute Gasteiger partial charge is 0.573 e. The first-order valence-electron chi connectivity index (χ1n) is 13.0. The average molecular weight is 551 g/mol. The van der Waals surface area contributed by atoms with Crippen LogP contribution >= 0.6 is 0 Å². The molecular formula is C27H33F3N4O5. The van der Waals surface area contributed by atoms with Crippen LogP contribution in [0.2, 0.25) is 0 Å². The Kier molecular flexibility index (Phi) is 8.53. The third-order valence-electron chi connectivity index (χ3n) is 6.58. The van der Waals surface area contributed by atoms with Crippen LogP contribution in [0.15, 0.2) is 48.4 Å². The highest BCUT2D eigenvalue weighted by Crippen LogP contribution is 2.32. The SMILES string of the molecule is CC(C)(O)Cn1ccc(NC(=O)[C@H](CC2CCCCC2)N2CC(Oc3cccc(OC(F)(F)F)c3)=CC2=O)n1. The van der Waals surface area contributed by atoms with Crippen LogP contribution in [0.1, 0.15) is 52.4 Å². The van der Waals surface area contributed by atoms with Gasteiger partial charge in [0, 0.05) is 24.4 Å². The number of alkyl halides is 3. The summed E-state index contributed by atoms with van der Waals surface area (Å²) < 4.78 is 48.9. The monoisotopic (exact) mass is 550 g/mol. The molecule has 1 atom stereocenters. The van der Waals surface area contributed by atoms with Gasteiger partial charge in [-0.25, -0.2) is 0 Å². The summed E-state index contributed by atoms with van der Waals surface area (Å²) in [6.45, 7) is 3.52. The Morgan fingerprint density at radius 3 is 2.59 bits per heavy atom. The molecule has 0 bridgehead atoms. The Morgan fingerprint density at radius 1 is 1.18 bits per heavy atom. The van der Waals surface area contributed by atoms with E-state index in [-0.39, 0.29) is 30.5 Å². The van der Waals surface area contributed by atoms with Crippen molar-refractivity contribution >= 4 is 17.6 Å². The van der Waals surface area contributed by atoms with Gasteiger partial charge in [0.2, 0.25) is 5.91 Å². The minimum absolute atomic E-state index is 0.0128. The molecule has 2 heterocycles. The van der Waals surface area contributed by atoms with Crippen molar-refractivity contribution in [3.05, 3.63) is 48.4 Å². The summed E-state index contributed by atoms with van der Waals surface area (Å²) in [6.07, 6.45) is 3.73. The van der Waals surface area contributed by atoms with Crippen molar-refractivity contribution in [3.8, 4) is 11.5 Å². The molecule has 4 rings (SSSR count). The maximum atomic E-state index is 13.5. The van der Waals surface area contributed by atoms with E-state index in [2.05, 4.69) is 15.2 Å².